The third-order valence-corrected chi connectivity index (χ3v) is 9.01. The Kier molecular flexibility index (Phi) is 12.9. The first-order valence-electron chi connectivity index (χ1n) is 18.0. The number of methoxy groups -OCH3 is 1. The van der Waals surface area contributed by atoms with Gasteiger partial charge in [0, 0.05) is 43.5 Å². The maximum absolute atomic E-state index is 13.0. The van der Waals surface area contributed by atoms with E-state index in [2.05, 4.69) is 68.6 Å². The number of carbonyl (C=O) groups excluding carboxylic acids is 5. The van der Waals surface area contributed by atoms with E-state index in [-0.39, 0.29) is 37.8 Å². The van der Waals surface area contributed by atoms with Crippen LogP contribution < -0.4 is 19.8 Å². The normalized spacial score (nSPS) is 18.8. The van der Waals surface area contributed by atoms with Crippen molar-refractivity contribution < 1.29 is 51.8 Å². The van der Waals surface area contributed by atoms with Gasteiger partial charge in [0.25, 0.3) is 0 Å². The van der Waals surface area contributed by atoms with Gasteiger partial charge in [0.1, 0.15) is 29.1 Å². The summed E-state index contributed by atoms with van der Waals surface area (Å²) in [5.74, 6) is -1.97. The van der Waals surface area contributed by atoms with Gasteiger partial charge in [-0.25, -0.2) is 14.4 Å². The average Bonchev–Trinajstić information content (AvgIpc) is 3.53. The Hall–Kier alpha value is -4.39. The summed E-state index contributed by atoms with van der Waals surface area (Å²) in [5, 5.41) is 5.06. The number of urea groups is 1. The highest BCUT2D eigenvalue weighted by molar-refractivity contribution is 5.88. The van der Waals surface area contributed by atoms with Gasteiger partial charge in [0.05, 0.1) is 13.7 Å². The molecule has 0 saturated carbocycles. The zero-order valence-electron chi connectivity index (χ0n) is 31.2. The van der Waals surface area contributed by atoms with Gasteiger partial charge in [-0.1, -0.05) is 9.13 Å². The Balaban J connectivity index is 1.25. The molecule has 2 aliphatic heterocycles. The van der Waals surface area contributed by atoms with Gasteiger partial charge in [0.15, 0.2) is 25.5 Å². The van der Waals surface area contributed by atoms with Crippen LogP contribution in [0.2, 0.25) is 0 Å². The number of quaternary nitrogens is 1. The van der Waals surface area contributed by atoms with Gasteiger partial charge >= 0.3 is 30.2 Å². The number of pyridine rings is 2. The maximum Gasteiger partial charge on any atom is 0.484 e. The van der Waals surface area contributed by atoms with Crippen LogP contribution in [-0.2, 0) is 46.5 Å². The third kappa shape index (κ3) is 11.0. The van der Waals surface area contributed by atoms with Crippen molar-refractivity contribution >= 4 is 29.7 Å². The molecule has 2 aromatic rings. The van der Waals surface area contributed by atoms with Crippen molar-refractivity contribution in [2.75, 3.05) is 13.7 Å². The number of aromatic nitrogens is 2. The van der Waals surface area contributed by atoms with Crippen molar-refractivity contribution in [2.45, 2.75) is 136 Å². The topological polar surface area (TPSA) is 145 Å². The molecular formula is C38H56N5O8+3. The number of unbranched alkanes of at least 4 members (excludes halogenated alkanes) is 2. The van der Waals surface area contributed by atoms with Crippen molar-refractivity contribution in [2.24, 2.45) is 0 Å². The van der Waals surface area contributed by atoms with Crippen molar-refractivity contribution in [3.63, 3.8) is 0 Å². The van der Waals surface area contributed by atoms with Gasteiger partial charge in [-0.3, -0.25) is 9.59 Å². The number of ketones is 1. The minimum atomic E-state index is -1.18. The first kappa shape index (κ1) is 39.4. The molecule has 13 nitrogen and oxygen atoms in total. The zero-order valence-corrected chi connectivity index (χ0v) is 31.2. The molecule has 2 atom stereocenters. The highest BCUT2D eigenvalue weighted by atomic mass is 16.6. The second kappa shape index (κ2) is 16.8. The number of Topliss-reactive ketones (excluding diaryl/α,β-unsaturated/α-hetero) is 1. The van der Waals surface area contributed by atoms with Gasteiger partial charge in [-0.05, 0) is 85.8 Å². The number of hydrogen-bond donors (Lipinski definition) is 2. The molecule has 0 bridgehead atoms. The summed E-state index contributed by atoms with van der Waals surface area (Å²) in [5.41, 5.74) is 1.10. The minimum absolute atomic E-state index is 0.00622. The van der Waals surface area contributed by atoms with E-state index in [4.69, 9.17) is 14.2 Å². The lowest BCUT2D eigenvalue weighted by Gasteiger charge is -2.26. The Labute approximate surface area is 301 Å². The van der Waals surface area contributed by atoms with E-state index < -0.39 is 47.2 Å². The Morgan fingerprint density at radius 1 is 0.745 bits per heavy atom. The summed E-state index contributed by atoms with van der Waals surface area (Å²) in [7, 11) is 1.20. The lowest BCUT2D eigenvalue weighted by molar-refractivity contribution is -1.16. The van der Waals surface area contributed by atoms with Crippen LogP contribution in [0.25, 0.3) is 0 Å². The number of nitrogens with zero attached hydrogens (tertiary/aromatic N) is 3. The Morgan fingerprint density at radius 3 is 1.84 bits per heavy atom. The molecule has 0 aliphatic carbocycles. The Bertz CT molecular complexity index is 1530. The molecule has 2 aliphatic rings. The summed E-state index contributed by atoms with van der Waals surface area (Å²) < 4.78 is 21.4. The third-order valence-electron chi connectivity index (χ3n) is 9.01. The average molecular weight is 711 g/mol. The number of esters is 3. The molecule has 51 heavy (non-hydrogen) atoms. The van der Waals surface area contributed by atoms with Crippen LogP contribution >= 0.6 is 0 Å². The molecule has 13 heteroatoms. The predicted octanol–water partition coefficient (Wildman–Crippen LogP) is 3.69. The van der Waals surface area contributed by atoms with Crippen molar-refractivity contribution in [1.29, 1.82) is 0 Å². The number of rotatable bonds is 16. The summed E-state index contributed by atoms with van der Waals surface area (Å²) in [6, 6.07) is 9.63. The monoisotopic (exact) mass is 710 g/mol. The van der Waals surface area contributed by atoms with Gasteiger partial charge in [0.2, 0.25) is 11.4 Å². The lowest BCUT2D eigenvalue weighted by atomic mass is 10.0. The van der Waals surface area contributed by atoms with E-state index in [9.17, 15) is 24.0 Å². The molecule has 0 saturated heterocycles. The maximum atomic E-state index is 13.0. The molecular weight excluding hydrogens is 654 g/mol. The molecule has 2 aromatic heterocycles. The summed E-state index contributed by atoms with van der Waals surface area (Å²) in [6.45, 7) is 13.2. The minimum Gasteiger partial charge on any atom is -0.467 e. The predicted molar refractivity (Wildman–Crippen MR) is 185 cm³/mol. The van der Waals surface area contributed by atoms with Crippen LogP contribution in [0.5, 0.6) is 0 Å². The quantitative estimate of drug-likeness (QED) is 0.0883. The molecule has 2 N–H and O–H groups in total. The number of hydrogen-bond acceptors (Lipinski definition) is 8. The molecule has 4 heterocycles. The van der Waals surface area contributed by atoms with Gasteiger partial charge in [-0.2, -0.15) is 4.48 Å². The first-order chi connectivity index (χ1) is 24.0. The smallest absolute Gasteiger partial charge is 0.467 e. The van der Waals surface area contributed by atoms with Crippen LogP contribution in [0, 0.1) is 0 Å². The van der Waals surface area contributed by atoms with E-state index in [0.29, 0.717) is 6.42 Å². The molecule has 0 fully saturated rings. The van der Waals surface area contributed by atoms with E-state index in [1.165, 1.54) is 18.5 Å². The van der Waals surface area contributed by atoms with Crippen LogP contribution in [0.3, 0.4) is 0 Å². The van der Waals surface area contributed by atoms with Crippen LogP contribution in [0.15, 0.2) is 48.8 Å². The molecule has 4 rings (SSSR count). The summed E-state index contributed by atoms with van der Waals surface area (Å²) in [4.78, 5) is 63.7. The number of ether oxygens (including phenoxy) is 3. The van der Waals surface area contributed by atoms with Crippen LogP contribution in [-0.4, -0.2) is 71.1 Å². The number of fused-ring (bicyclic) bond motifs is 5. The zero-order chi connectivity index (χ0) is 37.4. The highest BCUT2D eigenvalue weighted by Gasteiger charge is 2.63. The van der Waals surface area contributed by atoms with Crippen molar-refractivity contribution in [1.82, 2.24) is 10.6 Å². The van der Waals surface area contributed by atoms with Crippen molar-refractivity contribution in [3.05, 3.63) is 60.2 Å². The van der Waals surface area contributed by atoms with Gasteiger partial charge in [-0.15, -0.1) is 0 Å². The highest BCUT2D eigenvalue weighted by Crippen LogP contribution is 2.34. The van der Waals surface area contributed by atoms with Crippen LogP contribution in [0.4, 0.5) is 4.79 Å². The first-order valence-corrected chi connectivity index (χ1v) is 18.0. The number of nitrogens with one attached hydrogen (secondary N) is 2. The second-order valence-corrected chi connectivity index (χ2v) is 15.6. The second-order valence-electron chi connectivity index (χ2n) is 15.6. The van der Waals surface area contributed by atoms with Crippen LogP contribution in [0.1, 0.15) is 111 Å². The number of amides is 2. The molecule has 0 spiro atoms. The summed E-state index contributed by atoms with van der Waals surface area (Å²) >= 11 is 0. The number of carbonyl (C=O) groups is 5. The molecule has 278 valence electrons. The molecule has 2 amide bonds. The summed E-state index contributed by atoms with van der Waals surface area (Å²) in [6.07, 6.45) is 7.42. The van der Waals surface area contributed by atoms with E-state index in [0.717, 1.165) is 43.4 Å². The molecule has 0 aromatic carbocycles. The fourth-order valence-electron chi connectivity index (χ4n) is 6.88. The van der Waals surface area contributed by atoms with E-state index >= 15 is 0 Å². The van der Waals surface area contributed by atoms with Crippen molar-refractivity contribution in [3.8, 4) is 0 Å². The van der Waals surface area contributed by atoms with E-state index in [1.807, 2.05) is 0 Å². The SMILES string of the molecule is COC(=O)[C@H](CCC(=O)CCCCC[N+]12Cc3cccc[n+]3C1[n+]1ccccc1C2)NC(=O)N[C@@H](CCC(=O)OC(C)(C)C)C(=O)OC(C)(C)C. The molecule has 0 unspecified atom stereocenters. The van der Waals surface area contributed by atoms with E-state index in [1.54, 1.807) is 41.5 Å². The fourth-order valence-corrected chi connectivity index (χ4v) is 6.88. The standard InChI is InChI=1S/C38H55N5O8/c1-37(2,3)50-32(45)21-20-31(34(47)51-38(4,5)6)40-35(48)39-30(33(46)49-7)19-18-29(44)17-9-8-14-24-43-25-27-15-10-12-22-41(27)36(43)42-23-13-11-16-28(42)26-43/h10-13,15-16,22-23,30-31,36H,8-9,14,17-21,24-26H2,1-7H3,(H-,39,40,48)/q+2/p+1/t30-,31-,36?,43?/m0/s1. The lowest BCUT2D eigenvalue weighted by Crippen LogP contribution is -2.62. The molecule has 0 radical (unpaired) electrons. The fraction of sp³-hybridized carbons (Fsp3) is 0.605. The van der Waals surface area contributed by atoms with Gasteiger partial charge < -0.3 is 24.8 Å². The Morgan fingerprint density at radius 2 is 1.29 bits per heavy atom. The largest absolute Gasteiger partial charge is 0.484 e.